The maximum absolute atomic E-state index is 12.7. The fourth-order valence-electron chi connectivity index (χ4n) is 4.72. The average Bonchev–Trinajstić information content (AvgIpc) is 3.43. The zero-order valence-electron chi connectivity index (χ0n) is 19.8. The Morgan fingerprint density at radius 1 is 1.12 bits per heavy atom. The van der Waals surface area contributed by atoms with E-state index in [2.05, 4.69) is 60.4 Å². The van der Waals surface area contributed by atoms with E-state index in [0.717, 1.165) is 28.8 Å². The van der Waals surface area contributed by atoms with Crippen molar-refractivity contribution < 1.29 is 4.79 Å². The molecule has 1 aromatic carbocycles. The number of carbonyl (C=O) groups excluding carboxylic acids is 1. The molecule has 1 amide bonds. The summed E-state index contributed by atoms with van der Waals surface area (Å²) in [6, 6.07) is 8.73. The van der Waals surface area contributed by atoms with E-state index < -0.39 is 0 Å². The van der Waals surface area contributed by atoms with Crippen LogP contribution in [0.3, 0.4) is 0 Å². The van der Waals surface area contributed by atoms with Crippen molar-refractivity contribution in [2.75, 3.05) is 13.1 Å². The van der Waals surface area contributed by atoms with Gasteiger partial charge in [0.1, 0.15) is 0 Å². The second kappa shape index (κ2) is 9.82. The SMILES string of the molecule is Cc1nc2c(cnn2C(C)C)c(C)c1CCC(=O)NCc1ccccc1CN1CCCC1. The Morgan fingerprint density at radius 2 is 1.84 bits per heavy atom. The highest BCUT2D eigenvalue weighted by molar-refractivity contribution is 5.81. The molecule has 1 aliphatic rings. The minimum Gasteiger partial charge on any atom is -0.352 e. The molecule has 6 heteroatoms. The molecule has 2 aromatic heterocycles. The molecule has 1 saturated heterocycles. The van der Waals surface area contributed by atoms with Crippen LogP contribution in [0.25, 0.3) is 11.0 Å². The number of carbonyl (C=O) groups is 1. The van der Waals surface area contributed by atoms with Crippen molar-refractivity contribution in [3.8, 4) is 0 Å². The molecule has 4 rings (SSSR count). The molecule has 170 valence electrons. The molecule has 0 spiro atoms. The second-order valence-electron chi connectivity index (χ2n) is 9.25. The molecule has 6 nitrogen and oxygen atoms in total. The highest BCUT2D eigenvalue weighted by Gasteiger charge is 2.17. The minimum atomic E-state index is 0.0812. The van der Waals surface area contributed by atoms with Gasteiger partial charge in [-0.2, -0.15) is 5.10 Å². The van der Waals surface area contributed by atoms with E-state index in [1.807, 2.05) is 17.8 Å². The van der Waals surface area contributed by atoms with Gasteiger partial charge in [-0.3, -0.25) is 9.69 Å². The predicted molar refractivity (Wildman–Crippen MR) is 129 cm³/mol. The molecule has 0 aliphatic carbocycles. The van der Waals surface area contributed by atoms with Gasteiger partial charge in [0.25, 0.3) is 0 Å². The second-order valence-corrected chi connectivity index (χ2v) is 9.25. The maximum Gasteiger partial charge on any atom is 0.220 e. The molecule has 3 aromatic rings. The van der Waals surface area contributed by atoms with Gasteiger partial charge < -0.3 is 5.32 Å². The van der Waals surface area contributed by atoms with E-state index >= 15 is 0 Å². The molecule has 1 aliphatic heterocycles. The molecule has 0 saturated carbocycles. The summed E-state index contributed by atoms with van der Waals surface area (Å²) in [5.74, 6) is 0.0812. The van der Waals surface area contributed by atoms with E-state index in [0.29, 0.717) is 19.4 Å². The van der Waals surface area contributed by atoms with Crippen molar-refractivity contribution >= 4 is 16.9 Å². The number of benzene rings is 1. The summed E-state index contributed by atoms with van der Waals surface area (Å²) in [5, 5.41) is 8.73. The van der Waals surface area contributed by atoms with Crippen molar-refractivity contribution in [2.24, 2.45) is 0 Å². The summed E-state index contributed by atoms with van der Waals surface area (Å²) in [4.78, 5) is 20.0. The van der Waals surface area contributed by atoms with Crippen LogP contribution in [-0.4, -0.2) is 38.7 Å². The molecule has 3 heterocycles. The lowest BCUT2D eigenvalue weighted by molar-refractivity contribution is -0.121. The highest BCUT2D eigenvalue weighted by Crippen LogP contribution is 2.25. The predicted octanol–water partition coefficient (Wildman–Crippen LogP) is 4.47. The first-order valence-corrected chi connectivity index (χ1v) is 11.8. The Kier molecular flexibility index (Phi) is 6.89. The molecule has 0 atom stereocenters. The molecule has 32 heavy (non-hydrogen) atoms. The van der Waals surface area contributed by atoms with E-state index in [-0.39, 0.29) is 11.9 Å². The zero-order valence-corrected chi connectivity index (χ0v) is 19.8. The van der Waals surface area contributed by atoms with Crippen molar-refractivity contribution in [3.63, 3.8) is 0 Å². The Morgan fingerprint density at radius 3 is 2.56 bits per heavy atom. The Balaban J connectivity index is 1.38. The number of rotatable bonds is 8. The Labute approximate surface area is 191 Å². The number of aromatic nitrogens is 3. The number of amides is 1. The van der Waals surface area contributed by atoms with Crippen LogP contribution < -0.4 is 5.32 Å². The van der Waals surface area contributed by atoms with E-state index in [1.165, 1.54) is 42.6 Å². The minimum absolute atomic E-state index is 0.0812. The van der Waals surface area contributed by atoms with Gasteiger partial charge in [-0.05, 0) is 82.3 Å². The van der Waals surface area contributed by atoms with Crippen LogP contribution in [0.1, 0.15) is 67.1 Å². The van der Waals surface area contributed by atoms with E-state index in [4.69, 9.17) is 4.98 Å². The number of pyridine rings is 1. The third-order valence-electron chi connectivity index (χ3n) is 6.61. The van der Waals surface area contributed by atoms with Gasteiger partial charge in [0.05, 0.1) is 6.20 Å². The maximum atomic E-state index is 12.7. The van der Waals surface area contributed by atoms with Crippen molar-refractivity contribution in [2.45, 2.75) is 72.5 Å². The topological polar surface area (TPSA) is 63.1 Å². The normalized spacial score (nSPS) is 14.5. The molecule has 1 fully saturated rings. The summed E-state index contributed by atoms with van der Waals surface area (Å²) in [5.41, 5.74) is 6.79. The Hall–Kier alpha value is -2.73. The summed E-state index contributed by atoms with van der Waals surface area (Å²) in [7, 11) is 0. The van der Waals surface area contributed by atoms with Crippen molar-refractivity contribution in [1.29, 1.82) is 0 Å². The standard InChI is InChI=1S/C26H35N5O/c1-18(2)31-26-24(16-28-31)19(3)23(20(4)29-26)11-12-25(32)27-15-21-9-5-6-10-22(21)17-30-13-7-8-14-30/h5-6,9-10,16,18H,7-8,11-15,17H2,1-4H3,(H,27,32). The van der Waals surface area contributed by atoms with Gasteiger partial charge in [-0.25, -0.2) is 9.67 Å². The quantitative estimate of drug-likeness (QED) is 0.569. The summed E-state index contributed by atoms with van der Waals surface area (Å²) >= 11 is 0. The van der Waals surface area contributed by atoms with Crippen LogP contribution in [0.4, 0.5) is 0 Å². The van der Waals surface area contributed by atoms with E-state index in [1.54, 1.807) is 0 Å². The monoisotopic (exact) mass is 433 g/mol. The lowest BCUT2D eigenvalue weighted by Gasteiger charge is -2.18. The number of nitrogens with one attached hydrogen (secondary N) is 1. The number of hydrogen-bond acceptors (Lipinski definition) is 4. The first kappa shape index (κ1) is 22.5. The number of hydrogen-bond donors (Lipinski definition) is 1. The fraction of sp³-hybridized carbons (Fsp3) is 0.500. The molecular weight excluding hydrogens is 398 g/mol. The van der Waals surface area contributed by atoms with Crippen LogP contribution >= 0.6 is 0 Å². The first-order valence-electron chi connectivity index (χ1n) is 11.8. The molecule has 0 bridgehead atoms. The average molecular weight is 434 g/mol. The highest BCUT2D eigenvalue weighted by atomic mass is 16.1. The lowest BCUT2D eigenvalue weighted by atomic mass is 10.00. The van der Waals surface area contributed by atoms with Crippen molar-refractivity contribution in [3.05, 3.63) is 58.4 Å². The third kappa shape index (κ3) is 4.85. The lowest BCUT2D eigenvalue weighted by Crippen LogP contribution is -2.25. The Bertz CT molecular complexity index is 1100. The molecule has 0 unspecified atom stereocenters. The van der Waals surface area contributed by atoms with Gasteiger partial charge >= 0.3 is 0 Å². The zero-order chi connectivity index (χ0) is 22.7. The molecular formula is C26H35N5O. The van der Waals surface area contributed by atoms with Crippen molar-refractivity contribution in [1.82, 2.24) is 25.0 Å². The van der Waals surface area contributed by atoms with Gasteiger partial charge in [-0.15, -0.1) is 0 Å². The van der Waals surface area contributed by atoms with Crippen LogP contribution in [0.15, 0.2) is 30.5 Å². The molecule has 0 radical (unpaired) electrons. The van der Waals surface area contributed by atoms with Gasteiger partial charge in [0.2, 0.25) is 5.91 Å². The summed E-state index contributed by atoms with van der Waals surface area (Å²) in [6.45, 7) is 12.3. The van der Waals surface area contributed by atoms with Crippen LogP contribution in [0.5, 0.6) is 0 Å². The van der Waals surface area contributed by atoms with Crippen LogP contribution in [-0.2, 0) is 24.3 Å². The first-order chi connectivity index (χ1) is 15.4. The number of likely N-dealkylation sites (tertiary alicyclic amines) is 1. The summed E-state index contributed by atoms with van der Waals surface area (Å²) in [6.07, 6.45) is 5.63. The third-order valence-corrected chi connectivity index (χ3v) is 6.61. The van der Waals surface area contributed by atoms with Gasteiger partial charge in [-0.1, -0.05) is 24.3 Å². The number of aryl methyl sites for hydroxylation is 2. The smallest absolute Gasteiger partial charge is 0.220 e. The fourth-order valence-corrected chi connectivity index (χ4v) is 4.72. The van der Waals surface area contributed by atoms with Gasteiger partial charge in [0.15, 0.2) is 5.65 Å². The number of nitrogens with zero attached hydrogens (tertiary/aromatic N) is 4. The summed E-state index contributed by atoms with van der Waals surface area (Å²) < 4.78 is 1.96. The van der Waals surface area contributed by atoms with Crippen LogP contribution in [0.2, 0.25) is 0 Å². The van der Waals surface area contributed by atoms with E-state index in [9.17, 15) is 4.79 Å². The molecule has 1 N–H and O–H groups in total. The largest absolute Gasteiger partial charge is 0.352 e. The van der Waals surface area contributed by atoms with Crippen LogP contribution in [0, 0.1) is 13.8 Å². The number of fused-ring (bicyclic) bond motifs is 1. The van der Waals surface area contributed by atoms with Gasteiger partial charge in [0, 0.05) is 36.6 Å².